The molecule has 6 heteroatoms. The van der Waals surface area contributed by atoms with Gasteiger partial charge in [0.1, 0.15) is 4.83 Å². The fraction of sp³-hybridized carbons (Fsp3) is 0.600. The second-order valence-electron chi connectivity index (χ2n) is 6.55. The molecule has 0 saturated heterocycles. The molecule has 0 atom stereocenters. The number of fused-ring (bicyclic) bond motifs is 4. The van der Waals surface area contributed by atoms with Crippen LogP contribution in [0.25, 0.3) is 10.2 Å². The fourth-order valence-electron chi connectivity index (χ4n) is 3.27. The molecule has 0 radical (unpaired) electrons. The lowest BCUT2D eigenvalue weighted by molar-refractivity contribution is 0.557. The number of thiophene rings is 1. The van der Waals surface area contributed by atoms with Crippen LogP contribution in [0.15, 0.2) is 4.79 Å². The van der Waals surface area contributed by atoms with Crippen molar-refractivity contribution in [3.63, 3.8) is 0 Å². The molecule has 2 aromatic heterocycles. The number of hydrogen-bond donors (Lipinski definition) is 0. The predicted octanol–water partition coefficient (Wildman–Crippen LogP) is 2.87. The maximum absolute atomic E-state index is 13.0. The summed E-state index contributed by atoms with van der Waals surface area (Å²) in [6.45, 7) is 6.30. The van der Waals surface area contributed by atoms with Crippen molar-refractivity contribution in [2.45, 2.75) is 43.7 Å². The van der Waals surface area contributed by atoms with Gasteiger partial charge in [0.25, 0.3) is 5.56 Å². The minimum atomic E-state index is 0.168. The Morgan fingerprint density at radius 2 is 2.10 bits per heavy atom. The molecule has 0 bridgehead atoms. The van der Waals surface area contributed by atoms with E-state index in [0.717, 1.165) is 47.8 Å². The van der Waals surface area contributed by atoms with Gasteiger partial charge in [0, 0.05) is 35.5 Å². The van der Waals surface area contributed by atoms with Gasteiger partial charge in [-0.05, 0) is 18.4 Å². The van der Waals surface area contributed by atoms with Crippen molar-refractivity contribution in [3.8, 4) is 0 Å². The van der Waals surface area contributed by atoms with Crippen LogP contribution in [0, 0.1) is 0 Å². The molecule has 2 aliphatic rings. The van der Waals surface area contributed by atoms with Crippen LogP contribution < -0.4 is 10.5 Å². The van der Waals surface area contributed by atoms with Gasteiger partial charge in [-0.2, -0.15) is 0 Å². The normalized spacial score (nSPS) is 20.4. The molecule has 0 aliphatic carbocycles. The van der Waals surface area contributed by atoms with E-state index in [-0.39, 0.29) is 10.3 Å². The molecule has 2 aromatic rings. The molecule has 4 nitrogen and oxygen atoms in total. The fourth-order valence-corrected chi connectivity index (χ4v) is 5.60. The SMILES string of the molecule is CN1CCCn2c1nc1sc3c(c1c2=O)CC(C)(C)SC3. The highest BCUT2D eigenvalue weighted by Crippen LogP contribution is 2.44. The second-order valence-corrected chi connectivity index (χ2v) is 9.32. The summed E-state index contributed by atoms with van der Waals surface area (Å²) in [4.78, 5) is 22.2. The molecule has 0 aromatic carbocycles. The molecule has 0 unspecified atom stereocenters. The first-order valence-electron chi connectivity index (χ1n) is 7.36. The van der Waals surface area contributed by atoms with E-state index in [1.54, 1.807) is 11.3 Å². The number of thioether (sulfide) groups is 1. The van der Waals surface area contributed by atoms with Crippen LogP contribution in [0.2, 0.25) is 0 Å². The minimum absolute atomic E-state index is 0.168. The van der Waals surface area contributed by atoms with Crippen LogP contribution in [-0.4, -0.2) is 27.9 Å². The molecule has 0 N–H and O–H groups in total. The zero-order valence-corrected chi connectivity index (χ0v) is 14.2. The van der Waals surface area contributed by atoms with Crippen LogP contribution in [-0.2, 0) is 18.7 Å². The molecule has 112 valence electrons. The lowest BCUT2D eigenvalue weighted by Gasteiger charge is -2.29. The zero-order chi connectivity index (χ0) is 14.8. The second kappa shape index (κ2) is 4.49. The zero-order valence-electron chi connectivity index (χ0n) is 12.6. The first-order valence-corrected chi connectivity index (χ1v) is 9.17. The third kappa shape index (κ3) is 2.03. The van der Waals surface area contributed by atoms with E-state index in [0.29, 0.717) is 0 Å². The van der Waals surface area contributed by atoms with Crippen molar-refractivity contribution in [2.24, 2.45) is 0 Å². The topological polar surface area (TPSA) is 38.1 Å². The third-order valence-electron chi connectivity index (χ3n) is 4.39. The van der Waals surface area contributed by atoms with E-state index < -0.39 is 0 Å². The van der Waals surface area contributed by atoms with E-state index in [1.165, 1.54) is 10.4 Å². The summed E-state index contributed by atoms with van der Waals surface area (Å²) >= 11 is 3.70. The Balaban J connectivity index is 2.01. The molecular formula is C15H19N3OS2. The van der Waals surface area contributed by atoms with Gasteiger partial charge in [0.15, 0.2) is 0 Å². The van der Waals surface area contributed by atoms with E-state index in [9.17, 15) is 4.79 Å². The number of anilines is 1. The maximum atomic E-state index is 13.0. The van der Waals surface area contributed by atoms with Gasteiger partial charge in [0.2, 0.25) is 5.95 Å². The highest BCUT2D eigenvalue weighted by atomic mass is 32.2. The third-order valence-corrected chi connectivity index (χ3v) is 7.05. The highest BCUT2D eigenvalue weighted by Gasteiger charge is 2.31. The molecule has 0 fully saturated rings. The van der Waals surface area contributed by atoms with Gasteiger partial charge in [-0.25, -0.2) is 4.98 Å². The van der Waals surface area contributed by atoms with Gasteiger partial charge in [0.05, 0.1) is 5.39 Å². The summed E-state index contributed by atoms with van der Waals surface area (Å²) < 4.78 is 2.08. The number of rotatable bonds is 0. The van der Waals surface area contributed by atoms with E-state index in [4.69, 9.17) is 4.98 Å². The van der Waals surface area contributed by atoms with Crippen LogP contribution in [0.4, 0.5) is 5.95 Å². The Labute approximate surface area is 132 Å². The molecule has 21 heavy (non-hydrogen) atoms. The molecule has 2 aliphatic heterocycles. The summed E-state index contributed by atoms with van der Waals surface area (Å²) in [6.07, 6.45) is 1.99. The predicted molar refractivity (Wildman–Crippen MR) is 90.8 cm³/mol. The molecule has 0 spiro atoms. The number of aromatic nitrogens is 2. The van der Waals surface area contributed by atoms with Crippen molar-refractivity contribution in [3.05, 3.63) is 20.8 Å². The maximum Gasteiger partial charge on any atom is 0.263 e. The van der Waals surface area contributed by atoms with E-state index in [2.05, 4.69) is 18.7 Å². The van der Waals surface area contributed by atoms with E-state index >= 15 is 0 Å². The summed E-state index contributed by atoms with van der Waals surface area (Å²) in [6, 6.07) is 0. The summed E-state index contributed by atoms with van der Waals surface area (Å²) in [5.74, 6) is 1.85. The molecule has 4 rings (SSSR count). The quantitative estimate of drug-likeness (QED) is 0.748. The van der Waals surface area contributed by atoms with Gasteiger partial charge in [-0.15, -0.1) is 23.1 Å². The lowest BCUT2D eigenvalue weighted by atomic mass is 10.00. The Morgan fingerprint density at radius 3 is 2.90 bits per heavy atom. The lowest BCUT2D eigenvalue weighted by Crippen LogP contribution is -2.36. The van der Waals surface area contributed by atoms with Gasteiger partial charge in [-0.1, -0.05) is 13.8 Å². The standard InChI is InChI=1S/C15H19N3OS2/c1-15(2)7-9-10(8-20-15)21-12-11(9)13(19)18-6-4-5-17(3)14(18)16-12/h4-8H2,1-3H3. The largest absolute Gasteiger partial charge is 0.345 e. The van der Waals surface area contributed by atoms with Gasteiger partial charge in [-0.3, -0.25) is 9.36 Å². The van der Waals surface area contributed by atoms with Crippen LogP contribution in [0.1, 0.15) is 30.7 Å². The average Bonchev–Trinajstić information content (AvgIpc) is 2.77. The Bertz CT molecular complexity index is 790. The van der Waals surface area contributed by atoms with E-state index in [1.807, 2.05) is 23.4 Å². The minimum Gasteiger partial charge on any atom is -0.345 e. The molecular weight excluding hydrogens is 302 g/mol. The van der Waals surface area contributed by atoms with Crippen molar-refractivity contribution >= 4 is 39.3 Å². The average molecular weight is 321 g/mol. The smallest absolute Gasteiger partial charge is 0.263 e. The van der Waals surface area contributed by atoms with Gasteiger partial charge < -0.3 is 4.90 Å². The summed E-state index contributed by atoms with van der Waals surface area (Å²) in [7, 11) is 2.02. The summed E-state index contributed by atoms with van der Waals surface area (Å²) in [5, 5.41) is 0.891. The Morgan fingerprint density at radius 1 is 1.29 bits per heavy atom. The van der Waals surface area contributed by atoms with Crippen molar-refractivity contribution in [1.29, 1.82) is 0 Å². The van der Waals surface area contributed by atoms with Crippen LogP contribution in [0.5, 0.6) is 0 Å². The first-order chi connectivity index (χ1) is 9.96. The van der Waals surface area contributed by atoms with Gasteiger partial charge >= 0.3 is 0 Å². The monoisotopic (exact) mass is 321 g/mol. The molecule has 4 heterocycles. The highest BCUT2D eigenvalue weighted by molar-refractivity contribution is 8.00. The van der Waals surface area contributed by atoms with Crippen molar-refractivity contribution in [2.75, 3.05) is 18.5 Å². The molecule has 0 amide bonds. The van der Waals surface area contributed by atoms with Crippen molar-refractivity contribution in [1.82, 2.24) is 9.55 Å². The summed E-state index contributed by atoms with van der Waals surface area (Å²) in [5.41, 5.74) is 1.43. The number of hydrogen-bond acceptors (Lipinski definition) is 5. The molecule has 0 saturated carbocycles. The van der Waals surface area contributed by atoms with Crippen molar-refractivity contribution < 1.29 is 0 Å². The van der Waals surface area contributed by atoms with Crippen LogP contribution in [0.3, 0.4) is 0 Å². The number of nitrogens with zero attached hydrogens (tertiary/aromatic N) is 3. The Hall–Kier alpha value is -1.01. The Kier molecular flexibility index (Phi) is 2.92. The van der Waals surface area contributed by atoms with Crippen LogP contribution >= 0.6 is 23.1 Å². The first kappa shape index (κ1) is 13.6.